The van der Waals surface area contributed by atoms with E-state index >= 15 is 4.39 Å². The minimum atomic E-state index is -2.12. The number of rotatable bonds is 12. The summed E-state index contributed by atoms with van der Waals surface area (Å²) < 4.78 is 45.2. The molecule has 3 N–H and O–H groups in total. The van der Waals surface area contributed by atoms with E-state index in [2.05, 4.69) is 4.84 Å². The maximum atomic E-state index is 17.5. The number of ether oxygens (including phenoxy) is 5. The molecule has 48 heavy (non-hydrogen) atoms. The largest absolute Gasteiger partial charge is 0.508 e. The Morgan fingerprint density at radius 1 is 1.15 bits per heavy atom. The van der Waals surface area contributed by atoms with Gasteiger partial charge < -0.3 is 39.4 Å². The highest BCUT2D eigenvalue weighted by atomic mass is 19.1. The summed E-state index contributed by atoms with van der Waals surface area (Å²) in [6.07, 6.45) is 2.16. The quantitative estimate of drug-likeness (QED) is 0.131. The molecule has 0 aromatic carbocycles. The maximum Gasteiger partial charge on any atom is 0.508 e. The van der Waals surface area contributed by atoms with Gasteiger partial charge in [0.15, 0.2) is 29.4 Å². The lowest BCUT2D eigenvalue weighted by molar-refractivity contribution is -0.757. The van der Waals surface area contributed by atoms with Crippen molar-refractivity contribution in [3.63, 3.8) is 0 Å². The van der Waals surface area contributed by atoms with Crippen molar-refractivity contribution >= 4 is 23.7 Å². The molecule has 5 aliphatic rings. The molecule has 0 spiro atoms. The lowest BCUT2D eigenvalue weighted by Crippen LogP contribution is -2.70. The van der Waals surface area contributed by atoms with Gasteiger partial charge in [0.1, 0.15) is 12.6 Å². The van der Waals surface area contributed by atoms with Gasteiger partial charge in [-0.25, -0.2) is 9.18 Å². The highest BCUT2D eigenvalue weighted by Gasteiger charge is 2.80. The van der Waals surface area contributed by atoms with Gasteiger partial charge in [-0.15, -0.1) is 10.1 Å². The van der Waals surface area contributed by atoms with Crippen molar-refractivity contribution < 1.29 is 62.3 Å². The summed E-state index contributed by atoms with van der Waals surface area (Å²) in [6, 6.07) is -1.36. The van der Waals surface area contributed by atoms with E-state index in [1.54, 1.807) is 33.8 Å². The molecule has 0 aromatic rings. The highest BCUT2D eigenvalue weighted by molar-refractivity contribution is 6.01. The van der Waals surface area contributed by atoms with Crippen LogP contribution in [0.4, 0.5) is 9.18 Å². The first-order valence-corrected chi connectivity index (χ1v) is 16.1. The van der Waals surface area contributed by atoms with Gasteiger partial charge in [0, 0.05) is 16.7 Å². The average molecular weight is 683 g/mol. The average Bonchev–Trinajstić information content (AvgIpc) is 3.42. The van der Waals surface area contributed by atoms with Crippen LogP contribution < -0.4 is 5.73 Å². The van der Waals surface area contributed by atoms with Crippen molar-refractivity contribution in [2.24, 2.45) is 28.4 Å². The number of carbonyl (C=O) groups is 4. The number of hydrogen-bond donors (Lipinski definition) is 2. The molecule has 9 atom stereocenters. The second-order valence-corrected chi connectivity index (χ2v) is 14.2. The lowest BCUT2D eigenvalue weighted by Gasteiger charge is -2.62. The number of aliphatic hydroxyl groups is 1. The number of ketones is 2. The van der Waals surface area contributed by atoms with E-state index in [0.717, 1.165) is 0 Å². The van der Waals surface area contributed by atoms with Crippen LogP contribution in [-0.4, -0.2) is 95.6 Å². The van der Waals surface area contributed by atoms with Crippen LogP contribution in [0.15, 0.2) is 23.8 Å². The van der Waals surface area contributed by atoms with Crippen LogP contribution in [0.5, 0.6) is 0 Å². The van der Waals surface area contributed by atoms with E-state index in [1.165, 1.54) is 12.2 Å². The number of carbonyl (C=O) groups excluding carboxylic acids is 4. The van der Waals surface area contributed by atoms with Crippen LogP contribution in [0, 0.1) is 32.8 Å². The molecule has 1 heterocycles. The molecule has 5 rings (SSSR count). The van der Waals surface area contributed by atoms with E-state index in [0.29, 0.717) is 18.4 Å². The van der Waals surface area contributed by atoms with Crippen molar-refractivity contribution in [3.05, 3.63) is 33.9 Å². The van der Waals surface area contributed by atoms with Crippen LogP contribution in [0.25, 0.3) is 0 Å². The minimum absolute atomic E-state index is 0.0828. The number of halogens is 1. The van der Waals surface area contributed by atoms with E-state index in [1.807, 2.05) is 0 Å². The third-order valence-electron chi connectivity index (χ3n) is 11.0. The Balaban J connectivity index is 1.24. The van der Waals surface area contributed by atoms with Crippen LogP contribution in [-0.2, 0) is 42.9 Å². The van der Waals surface area contributed by atoms with Gasteiger partial charge in [-0.2, -0.15) is 0 Å². The topological polar surface area (TPSA) is 213 Å². The van der Waals surface area contributed by atoms with Crippen molar-refractivity contribution in [2.75, 3.05) is 26.4 Å². The predicted octanol–water partition coefficient (Wildman–Crippen LogP) is 2.44. The summed E-state index contributed by atoms with van der Waals surface area (Å²) in [6.45, 7) is 5.15. The lowest BCUT2D eigenvalue weighted by atomic mass is 9.44. The van der Waals surface area contributed by atoms with Crippen molar-refractivity contribution in [1.82, 2.24) is 0 Å². The van der Waals surface area contributed by atoms with Crippen molar-refractivity contribution in [2.45, 2.75) is 102 Å². The molecule has 1 saturated heterocycles. The maximum absolute atomic E-state index is 17.5. The van der Waals surface area contributed by atoms with Crippen LogP contribution in [0.3, 0.4) is 0 Å². The van der Waals surface area contributed by atoms with E-state index in [-0.39, 0.29) is 44.7 Å². The predicted molar refractivity (Wildman–Crippen MR) is 160 cm³/mol. The summed E-state index contributed by atoms with van der Waals surface area (Å²) >= 11 is 0. The summed E-state index contributed by atoms with van der Waals surface area (Å²) in [5.41, 5.74) is 0.207. The summed E-state index contributed by atoms with van der Waals surface area (Å²) in [7, 11) is 0. The number of aliphatic hydroxyl groups excluding tert-OH is 1. The molecule has 0 radical (unpaired) electrons. The molecular weight excluding hydrogens is 639 g/mol. The molecule has 266 valence electrons. The molecule has 0 bridgehead atoms. The highest BCUT2D eigenvalue weighted by Crippen LogP contribution is 2.72. The fraction of sp³-hybridized carbons (Fsp3) is 0.750. The first kappa shape index (κ1) is 35.8. The third kappa shape index (κ3) is 5.79. The fourth-order valence-corrected chi connectivity index (χ4v) is 8.93. The molecule has 4 fully saturated rings. The monoisotopic (exact) mass is 682 g/mol. The second kappa shape index (κ2) is 12.8. The minimum Gasteiger partial charge on any atom is -0.464 e. The molecule has 0 amide bonds. The van der Waals surface area contributed by atoms with Crippen LogP contribution in [0.2, 0.25) is 0 Å². The van der Waals surface area contributed by atoms with Gasteiger partial charge in [0.25, 0.3) is 5.09 Å². The Morgan fingerprint density at radius 2 is 1.85 bits per heavy atom. The molecule has 16 heteroatoms. The number of nitrogens with two attached hydrogens (primary N) is 1. The number of allylic oxidation sites excluding steroid dienone is 4. The van der Waals surface area contributed by atoms with Crippen LogP contribution >= 0.6 is 0 Å². The van der Waals surface area contributed by atoms with Gasteiger partial charge in [0.2, 0.25) is 5.78 Å². The Labute approximate surface area is 276 Å². The van der Waals surface area contributed by atoms with Gasteiger partial charge in [-0.3, -0.25) is 14.4 Å². The zero-order valence-electron chi connectivity index (χ0n) is 27.4. The van der Waals surface area contributed by atoms with Crippen molar-refractivity contribution in [3.8, 4) is 0 Å². The molecule has 1 unspecified atom stereocenters. The number of alkyl halides is 1. The normalized spacial score (nSPS) is 38.0. The third-order valence-corrected chi connectivity index (χ3v) is 11.0. The van der Waals surface area contributed by atoms with Gasteiger partial charge >= 0.3 is 12.1 Å². The molecule has 15 nitrogen and oxygen atoms in total. The van der Waals surface area contributed by atoms with Gasteiger partial charge in [-0.05, 0) is 77.4 Å². The molecule has 1 aliphatic heterocycles. The van der Waals surface area contributed by atoms with E-state index in [4.69, 9.17) is 29.4 Å². The molecule has 0 aromatic heterocycles. The number of fused-ring (bicyclic) bond motifs is 7. The number of hydrogen-bond acceptors (Lipinski definition) is 14. The zero-order chi connectivity index (χ0) is 35.3. The summed E-state index contributed by atoms with van der Waals surface area (Å²) in [5.74, 6) is -4.12. The molecule has 4 aliphatic carbocycles. The van der Waals surface area contributed by atoms with E-state index in [9.17, 15) is 34.4 Å². The Hall–Kier alpha value is -3.47. The standard InChI is InChI=1S/C32H43FN2O13/c1-28(2)47-25-14-21-20-8-7-18-13-19(36)9-10-29(18,3)31(20,33)23(37)15-30(21,4)32(25,48-28)24(38)17-45-27(40)44-16-22(34)26(39)43-11-5-6-12-46-35(41)42/h9-10,13,20-23,25,37H,5-8,11-12,14-17,34H2,1-4H3/t20-,21-,22?,23-,25+,29-,30-,31-,32+/m0/s1. The Morgan fingerprint density at radius 3 is 2.56 bits per heavy atom. The van der Waals surface area contributed by atoms with Gasteiger partial charge in [-0.1, -0.05) is 18.6 Å². The first-order valence-electron chi connectivity index (χ1n) is 16.1. The molecular formula is C32H43FN2O13. The van der Waals surface area contributed by atoms with Crippen LogP contribution in [0.1, 0.15) is 66.2 Å². The zero-order valence-corrected chi connectivity index (χ0v) is 27.4. The number of esters is 1. The van der Waals surface area contributed by atoms with Crippen molar-refractivity contribution in [1.29, 1.82) is 0 Å². The number of unbranched alkanes of at least 4 members (excludes halogenated alkanes) is 1. The first-order chi connectivity index (χ1) is 22.4. The summed E-state index contributed by atoms with van der Waals surface area (Å²) in [5, 5.41) is 20.9. The number of nitrogens with zero attached hydrogens (tertiary/aromatic N) is 1. The van der Waals surface area contributed by atoms with Gasteiger partial charge in [0.05, 0.1) is 25.4 Å². The van der Waals surface area contributed by atoms with E-state index < -0.39 is 94.2 Å². The second-order valence-electron chi connectivity index (χ2n) is 14.2. The smallest absolute Gasteiger partial charge is 0.464 e. The fourth-order valence-electron chi connectivity index (χ4n) is 8.93. The SMILES string of the molecule is CC1(C)O[C@@H]2C[C@H]3[C@@H]4CCC5=CC(=O)C=C[C@]5(C)[C@@]4(F)[C@@H](O)C[C@]3(C)[C@]2(C(=O)COC(=O)OCC(N)C(=O)OCCCCO[N+](=O)[O-])O1. The Bertz CT molecular complexity index is 1420. The number of Topliss-reactive ketones (excluding diaryl/α,β-unsaturated/α-hetero) is 1. The molecule has 3 saturated carbocycles. The summed E-state index contributed by atoms with van der Waals surface area (Å²) in [4.78, 5) is 65.1. The Kier molecular flexibility index (Phi) is 9.53.